The quantitative estimate of drug-likeness (QED) is 0.818. The zero-order valence-corrected chi connectivity index (χ0v) is 13.5. The molecule has 0 aromatic heterocycles. The molecule has 1 unspecified atom stereocenters. The minimum absolute atomic E-state index is 0.0595. The van der Waals surface area contributed by atoms with Gasteiger partial charge in [0.15, 0.2) is 0 Å². The highest BCUT2D eigenvalue weighted by atomic mass is 16.1. The number of benzene rings is 1. The summed E-state index contributed by atoms with van der Waals surface area (Å²) in [6.07, 6.45) is 2.12. The van der Waals surface area contributed by atoms with Crippen molar-refractivity contribution in [3.05, 3.63) is 34.9 Å². The number of hydrogen-bond acceptors (Lipinski definition) is 2. The molecular formula is C18H26N2O. The van der Waals surface area contributed by atoms with Crippen LogP contribution in [0.25, 0.3) is 0 Å². The molecule has 1 atom stereocenters. The van der Waals surface area contributed by atoms with Crippen molar-refractivity contribution < 1.29 is 4.79 Å². The molecule has 1 aromatic rings. The lowest BCUT2D eigenvalue weighted by molar-refractivity contribution is 0.0925. The number of nitrogens with one attached hydrogen (secondary N) is 1. The maximum Gasteiger partial charge on any atom is 0.252 e. The second-order valence-corrected chi connectivity index (χ2v) is 5.39. The first-order chi connectivity index (χ1) is 10.0. The molecule has 0 aliphatic rings. The van der Waals surface area contributed by atoms with Gasteiger partial charge in [-0.2, -0.15) is 0 Å². The zero-order chi connectivity index (χ0) is 15.8. The van der Waals surface area contributed by atoms with Crippen molar-refractivity contribution in [2.45, 2.75) is 46.6 Å². The third-order valence-electron chi connectivity index (χ3n) is 3.86. The maximum atomic E-state index is 12.5. The van der Waals surface area contributed by atoms with Crippen LogP contribution >= 0.6 is 0 Å². The van der Waals surface area contributed by atoms with Crippen molar-refractivity contribution in [1.29, 1.82) is 0 Å². The normalized spacial score (nSPS) is 11.7. The van der Waals surface area contributed by atoms with E-state index in [2.05, 4.69) is 37.9 Å². The average Bonchev–Trinajstić information content (AvgIpc) is 2.46. The fourth-order valence-corrected chi connectivity index (χ4v) is 2.50. The first-order valence-corrected chi connectivity index (χ1v) is 7.63. The molecule has 114 valence electrons. The molecule has 0 saturated heterocycles. The van der Waals surface area contributed by atoms with Crippen LogP contribution in [0.15, 0.2) is 18.2 Å². The van der Waals surface area contributed by atoms with Crippen LogP contribution in [0.2, 0.25) is 0 Å². The lowest BCUT2D eigenvalue weighted by Gasteiger charge is -2.22. The molecule has 0 bridgehead atoms. The summed E-state index contributed by atoms with van der Waals surface area (Å²) in [7, 11) is 0. The first-order valence-electron chi connectivity index (χ1n) is 7.63. The third kappa shape index (κ3) is 4.91. The topological polar surface area (TPSA) is 55.1 Å². The summed E-state index contributed by atoms with van der Waals surface area (Å²) in [5, 5.41) is 3.10. The van der Waals surface area contributed by atoms with E-state index < -0.39 is 0 Å². The van der Waals surface area contributed by atoms with Crippen molar-refractivity contribution in [3.63, 3.8) is 0 Å². The summed E-state index contributed by atoms with van der Waals surface area (Å²) in [6, 6.07) is 5.86. The zero-order valence-electron chi connectivity index (χ0n) is 13.5. The highest BCUT2D eigenvalue weighted by Gasteiger charge is 2.18. The highest BCUT2D eigenvalue weighted by Crippen LogP contribution is 2.15. The van der Waals surface area contributed by atoms with Gasteiger partial charge in [-0.1, -0.05) is 44.6 Å². The molecule has 0 fully saturated rings. The molecule has 1 amide bonds. The van der Waals surface area contributed by atoms with Crippen LogP contribution in [0.1, 0.15) is 55.1 Å². The number of aryl methyl sites for hydroxylation is 1. The molecule has 0 radical (unpaired) electrons. The van der Waals surface area contributed by atoms with Crippen molar-refractivity contribution in [2.75, 3.05) is 6.54 Å². The molecule has 0 aliphatic carbocycles. The largest absolute Gasteiger partial charge is 0.349 e. The van der Waals surface area contributed by atoms with E-state index in [9.17, 15) is 4.79 Å². The average molecular weight is 286 g/mol. The molecule has 3 N–H and O–H groups in total. The number of hydrogen-bond donors (Lipinski definition) is 2. The van der Waals surface area contributed by atoms with Gasteiger partial charge < -0.3 is 11.1 Å². The predicted molar refractivity (Wildman–Crippen MR) is 88.1 cm³/mol. The van der Waals surface area contributed by atoms with Crippen LogP contribution in [0, 0.1) is 24.7 Å². The summed E-state index contributed by atoms with van der Waals surface area (Å²) in [5.74, 6) is 6.25. The lowest BCUT2D eigenvalue weighted by Crippen LogP contribution is -2.38. The summed E-state index contributed by atoms with van der Waals surface area (Å²) >= 11 is 0. The molecule has 0 heterocycles. The molecule has 1 rings (SSSR count). The monoisotopic (exact) mass is 286 g/mol. The van der Waals surface area contributed by atoms with Crippen molar-refractivity contribution in [3.8, 4) is 11.8 Å². The Balaban J connectivity index is 2.96. The minimum Gasteiger partial charge on any atom is -0.349 e. The summed E-state index contributed by atoms with van der Waals surface area (Å²) < 4.78 is 0. The fourth-order valence-electron chi connectivity index (χ4n) is 2.50. The van der Waals surface area contributed by atoms with Crippen LogP contribution < -0.4 is 11.1 Å². The van der Waals surface area contributed by atoms with Crippen LogP contribution in [-0.4, -0.2) is 18.5 Å². The molecule has 0 spiro atoms. The molecule has 3 heteroatoms. The number of carbonyl (C=O) groups is 1. The summed E-state index contributed by atoms with van der Waals surface area (Å²) in [5.41, 5.74) is 7.88. The van der Waals surface area contributed by atoms with E-state index in [1.165, 1.54) is 0 Å². The predicted octanol–water partition coefficient (Wildman–Crippen LogP) is 2.86. The molecule has 0 saturated carbocycles. The Morgan fingerprint density at radius 3 is 2.57 bits per heavy atom. The van der Waals surface area contributed by atoms with E-state index in [4.69, 9.17) is 5.73 Å². The third-order valence-corrected chi connectivity index (χ3v) is 3.86. The van der Waals surface area contributed by atoms with Crippen LogP contribution in [0.3, 0.4) is 0 Å². The standard InChI is InChI=1S/C18H26N2O/c1-5-15(6-2)14(4)20-18(21)17-10-9-13(3)12-16(17)8-7-11-19/h9-10,12,14-15H,5-6,11,19H2,1-4H3,(H,20,21). The SMILES string of the molecule is CCC(CC)C(C)NC(=O)c1ccc(C)cc1C#CCN. The van der Waals surface area contributed by atoms with Gasteiger partial charge in [0.25, 0.3) is 5.91 Å². The molecular weight excluding hydrogens is 260 g/mol. The second-order valence-electron chi connectivity index (χ2n) is 5.39. The lowest BCUT2D eigenvalue weighted by atomic mass is 9.95. The Hall–Kier alpha value is -1.79. The van der Waals surface area contributed by atoms with E-state index >= 15 is 0 Å². The maximum absolute atomic E-state index is 12.5. The number of rotatable bonds is 5. The van der Waals surface area contributed by atoms with Gasteiger partial charge in [0.1, 0.15) is 0 Å². The Kier molecular flexibility index (Phi) is 6.98. The highest BCUT2D eigenvalue weighted by molar-refractivity contribution is 5.97. The Bertz CT molecular complexity index is 536. The van der Waals surface area contributed by atoms with Gasteiger partial charge in [0.2, 0.25) is 0 Å². The van der Waals surface area contributed by atoms with E-state index in [0.29, 0.717) is 18.0 Å². The van der Waals surface area contributed by atoms with Crippen LogP contribution in [0.4, 0.5) is 0 Å². The summed E-state index contributed by atoms with van der Waals surface area (Å²) in [6.45, 7) is 8.65. The van der Waals surface area contributed by atoms with Gasteiger partial charge in [0.05, 0.1) is 12.1 Å². The Morgan fingerprint density at radius 2 is 2.00 bits per heavy atom. The van der Waals surface area contributed by atoms with Gasteiger partial charge >= 0.3 is 0 Å². The Morgan fingerprint density at radius 1 is 1.33 bits per heavy atom. The summed E-state index contributed by atoms with van der Waals surface area (Å²) in [4.78, 5) is 12.5. The van der Waals surface area contributed by atoms with Crippen LogP contribution in [-0.2, 0) is 0 Å². The van der Waals surface area contributed by atoms with Crippen molar-refractivity contribution in [1.82, 2.24) is 5.32 Å². The van der Waals surface area contributed by atoms with Crippen LogP contribution in [0.5, 0.6) is 0 Å². The van der Waals surface area contributed by atoms with Gasteiger partial charge in [-0.3, -0.25) is 4.79 Å². The molecule has 21 heavy (non-hydrogen) atoms. The number of nitrogens with two attached hydrogens (primary N) is 1. The van der Waals surface area contributed by atoms with Gasteiger partial charge in [-0.15, -0.1) is 0 Å². The van der Waals surface area contributed by atoms with Crippen molar-refractivity contribution in [2.24, 2.45) is 11.7 Å². The van der Waals surface area contributed by atoms with E-state index in [1.807, 2.05) is 25.1 Å². The molecule has 0 aliphatic heterocycles. The van der Waals surface area contributed by atoms with Gasteiger partial charge in [-0.05, 0) is 37.5 Å². The molecule has 3 nitrogen and oxygen atoms in total. The van der Waals surface area contributed by atoms with Gasteiger partial charge in [-0.25, -0.2) is 0 Å². The van der Waals surface area contributed by atoms with Gasteiger partial charge in [0, 0.05) is 11.6 Å². The minimum atomic E-state index is -0.0595. The van der Waals surface area contributed by atoms with Crippen molar-refractivity contribution >= 4 is 5.91 Å². The van der Waals surface area contributed by atoms with E-state index in [0.717, 1.165) is 24.0 Å². The fraction of sp³-hybridized carbons (Fsp3) is 0.500. The van der Waals surface area contributed by atoms with E-state index in [-0.39, 0.29) is 11.9 Å². The smallest absolute Gasteiger partial charge is 0.252 e. The Labute approximate surface area is 128 Å². The number of amides is 1. The van der Waals surface area contributed by atoms with E-state index in [1.54, 1.807) is 0 Å². The molecule has 1 aromatic carbocycles. The number of carbonyl (C=O) groups excluding carboxylic acids is 1. The second kappa shape index (κ2) is 8.49. The first kappa shape index (κ1) is 17.3.